The van der Waals surface area contributed by atoms with Crippen LogP contribution in [0.4, 0.5) is 0 Å². The lowest BCUT2D eigenvalue weighted by Crippen LogP contribution is -2.16. The molecule has 0 radical (unpaired) electrons. The topological polar surface area (TPSA) is 70.0 Å². The van der Waals surface area contributed by atoms with Crippen LogP contribution in [0, 0.1) is 0 Å². The molecule has 1 aliphatic rings. The minimum atomic E-state index is -0.0579. The SMILES string of the molecule is Cn1cnc2ccc(-c3c(-c4ccn(C5CC5)n4)nc4sccn34)cc2c1=O. The second-order valence-corrected chi connectivity index (χ2v) is 8.04. The Morgan fingerprint density at radius 1 is 1.18 bits per heavy atom. The van der Waals surface area contributed by atoms with E-state index in [1.165, 1.54) is 17.4 Å². The van der Waals surface area contributed by atoms with Crippen LogP contribution in [0.5, 0.6) is 0 Å². The maximum atomic E-state index is 12.6. The largest absolute Gasteiger partial charge is 0.302 e. The fraction of sp³-hybridized carbons (Fsp3) is 0.200. The van der Waals surface area contributed by atoms with Crippen LogP contribution in [0.25, 0.3) is 38.5 Å². The van der Waals surface area contributed by atoms with Crippen molar-refractivity contribution in [1.29, 1.82) is 0 Å². The smallest absolute Gasteiger partial charge is 0.260 e. The quantitative estimate of drug-likeness (QED) is 0.474. The standard InChI is InChI=1S/C20H16N6OS/c1-24-11-21-15-5-2-12(10-14(15)19(24)27)18-17(22-20-25(18)8-9-28-20)16-6-7-26(23-16)13-3-4-13/h2,5-11,13H,3-4H2,1H3. The van der Waals surface area contributed by atoms with Crippen molar-refractivity contribution in [2.75, 3.05) is 0 Å². The molecule has 1 aromatic carbocycles. The van der Waals surface area contributed by atoms with Crippen molar-refractivity contribution < 1.29 is 0 Å². The Bertz CT molecular complexity index is 1420. The van der Waals surface area contributed by atoms with Gasteiger partial charge in [0, 0.05) is 30.4 Å². The third kappa shape index (κ3) is 2.27. The van der Waals surface area contributed by atoms with E-state index < -0.39 is 0 Å². The number of hydrogen-bond donors (Lipinski definition) is 0. The Hall–Kier alpha value is -3.26. The summed E-state index contributed by atoms with van der Waals surface area (Å²) < 4.78 is 5.60. The van der Waals surface area contributed by atoms with E-state index in [1.54, 1.807) is 24.7 Å². The Labute approximate surface area is 163 Å². The summed E-state index contributed by atoms with van der Waals surface area (Å²) >= 11 is 1.59. The zero-order valence-corrected chi connectivity index (χ0v) is 15.9. The van der Waals surface area contributed by atoms with Gasteiger partial charge in [-0.15, -0.1) is 11.3 Å². The first-order valence-electron chi connectivity index (χ1n) is 9.16. The highest BCUT2D eigenvalue weighted by atomic mass is 32.1. The molecule has 7 nitrogen and oxygen atoms in total. The average molecular weight is 388 g/mol. The van der Waals surface area contributed by atoms with Gasteiger partial charge in [0.25, 0.3) is 5.56 Å². The molecule has 4 aromatic heterocycles. The molecule has 4 heterocycles. The number of imidazole rings is 1. The van der Waals surface area contributed by atoms with E-state index in [1.807, 2.05) is 46.7 Å². The number of aromatic nitrogens is 6. The molecule has 28 heavy (non-hydrogen) atoms. The van der Waals surface area contributed by atoms with Crippen molar-refractivity contribution in [2.45, 2.75) is 18.9 Å². The van der Waals surface area contributed by atoms with Crippen LogP contribution in [-0.2, 0) is 7.05 Å². The normalized spacial score (nSPS) is 14.3. The third-order valence-electron chi connectivity index (χ3n) is 5.22. The first kappa shape index (κ1) is 15.8. The predicted octanol–water partition coefficient (Wildman–Crippen LogP) is 3.51. The molecule has 0 aliphatic heterocycles. The Morgan fingerprint density at radius 3 is 2.93 bits per heavy atom. The Morgan fingerprint density at radius 2 is 2.07 bits per heavy atom. The zero-order valence-electron chi connectivity index (χ0n) is 15.1. The van der Waals surface area contributed by atoms with Gasteiger partial charge in [-0.05, 0) is 31.0 Å². The van der Waals surface area contributed by atoms with Crippen LogP contribution in [0.15, 0.2) is 53.2 Å². The minimum Gasteiger partial charge on any atom is -0.302 e. The highest BCUT2D eigenvalue weighted by Gasteiger charge is 2.26. The van der Waals surface area contributed by atoms with Crippen molar-refractivity contribution in [2.24, 2.45) is 7.05 Å². The summed E-state index contributed by atoms with van der Waals surface area (Å²) in [5, 5.41) is 7.38. The Kier molecular flexibility index (Phi) is 3.16. The van der Waals surface area contributed by atoms with Crippen LogP contribution in [0.2, 0.25) is 0 Å². The Balaban J connectivity index is 1.61. The lowest BCUT2D eigenvalue weighted by atomic mass is 10.1. The third-order valence-corrected chi connectivity index (χ3v) is 5.98. The second-order valence-electron chi connectivity index (χ2n) is 7.17. The van der Waals surface area contributed by atoms with Crippen LogP contribution in [-0.4, -0.2) is 28.7 Å². The van der Waals surface area contributed by atoms with Crippen molar-refractivity contribution in [3.63, 3.8) is 0 Å². The second kappa shape index (κ2) is 5.62. The van der Waals surface area contributed by atoms with Gasteiger partial charge in [-0.25, -0.2) is 9.97 Å². The molecular formula is C20H16N6OS. The molecule has 1 fully saturated rings. The molecule has 1 saturated carbocycles. The van der Waals surface area contributed by atoms with E-state index in [-0.39, 0.29) is 5.56 Å². The summed E-state index contributed by atoms with van der Waals surface area (Å²) in [4.78, 5) is 22.7. The van der Waals surface area contributed by atoms with E-state index in [4.69, 9.17) is 10.1 Å². The molecule has 0 N–H and O–H groups in total. The van der Waals surface area contributed by atoms with Crippen molar-refractivity contribution in [3.8, 4) is 22.6 Å². The number of benzene rings is 1. The van der Waals surface area contributed by atoms with Gasteiger partial charge in [0.05, 0.1) is 29.0 Å². The molecule has 0 amide bonds. The molecule has 0 saturated heterocycles. The van der Waals surface area contributed by atoms with Gasteiger partial charge in [-0.3, -0.25) is 13.9 Å². The molecule has 0 atom stereocenters. The van der Waals surface area contributed by atoms with Gasteiger partial charge in [-0.1, -0.05) is 6.07 Å². The van der Waals surface area contributed by atoms with Gasteiger partial charge >= 0.3 is 0 Å². The number of thiazole rings is 1. The maximum Gasteiger partial charge on any atom is 0.260 e. The average Bonchev–Trinajstić information content (AvgIpc) is 3.12. The molecule has 0 unspecified atom stereocenters. The van der Waals surface area contributed by atoms with Crippen LogP contribution in [0.1, 0.15) is 18.9 Å². The van der Waals surface area contributed by atoms with E-state index in [2.05, 4.69) is 9.38 Å². The number of rotatable bonds is 3. The van der Waals surface area contributed by atoms with Gasteiger partial charge < -0.3 is 4.57 Å². The van der Waals surface area contributed by atoms with Gasteiger partial charge in [0.1, 0.15) is 11.4 Å². The van der Waals surface area contributed by atoms with E-state index in [0.717, 1.165) is 27.6 Å². The molecule has 0 bridgehead atoms. The predicted molar refractivity (Wildman–Crippen MR) is 109 cm³/mol. The van der Waals surface area contributed by atoms with Crippen LogP contribution in [0.3, 0.4) is 0 Å². The lowest BCUT2D eigenvalue weighted by molar-refractivity contribution is 0.643. The zero-order chi connectivity index (χ0) is 18.8. The fourth-order valence-electron chi connectivity index (χ4n) is 3.61. The number of hydrogen-bond acceptors (Lipinski definition) is 5. The first-order valence-corrected chi connectivity index (χ1v) is 10.0. The van der Waals surface area contributed by atoms with Crippen LogP contribution < -0.4 is 5.56 Å². The number of nitrogens with zero attached hydrogens (tertiary/aromatic N) is 6. The summed E-state index contributed by atoms with van der Waals surface area (Å²) in [6.45, 7) is 0. The summed E-state index contributed by atoms with van der Waals surface area (Å²) in [5.74, 6) is 0. The number of aryl methyl sites for hydroxylation is 1. The van der Waals surface area contributed by atoms with Crippen molar-refractivity contribution in [1.82, 2.24) is 28.7 Å². The molecule has 138 valence electrons. The van der Waals surface area contributed by atoms with E-state index in [0.29, 0.717) is 16.9 Å². The van der Waals surface area contributed by atoms with Crippen molar-refractivity contribution >= 4 is 27.2 Å². The van der Waals surface area contributed by atoms with E-state index >= 15 is 0 Å². The molecule has 5 aromatic rings. The summed E-state index contributed by atoms with van der Waals surface area (Å²) in [6.07, 6.45) is 7.97. The van der Waals surface area contributed by atoms with Crippen molar-refractivity contribution in [3.05, 3.63) is 58.7 Å². The maximum absolute atomic E-state index is 12.6. The van der Waals surface area contributed by atoms with Crippen LogP contribution >= 0.6 is 11.3 Å². The molecule has 6 rings (SSSR count). The molecule has 8 heteroatoms. The highest BCUT2D eigenvalue weighted by Crippen LogP contribution is 2.37. The summed E-state index contributed by atoms with van der Waals surface area (Å²) in [5.41, 5.74) is 4.21. The van der Waals surface area contributed by atoms with Gasteiger partial charge in [0.2, 0.25) is 0 Å². The summed E-state index contributed by atoms with van der Waals surface area (Å²) in [6, 6.07) is 8.35. The fourth-order valence-corrected chi connectivity index (χ4v) is 4.32. The molecular weight excluding hydrogens is 372 g/mol. The van der Waals surface area contributed by atoms with E-state index in [9.17, 15) is 4.79 Å². The summed E-state index contributed by atoms with van der Waals surface area (Å²) in [7, 11) is 1.72. The first-order chi connectivity index (χ1) is 13.7. The van der Waals surface area contributed by atoms with Gasteiger partial charge in [-0.2, -0.15) is 5.10 Å². The minimum absolute atomic E-state index is 0.0579. The monoisotopic (exact) mass is 388 g/mol. The highest BCUT2D eigenvalue weighted by molar-refractivity contribution is 7.15. The lowest BCUT2D eigenvalue weighted by Gasteiger charge is -2.06. The van der Waals surface area contributed by atoms with Gasteiger partial charge in [0.15, 0.2) is 4.96 Å². The molecule has 1 aliphatic carbocycles. The molecule has 0 spiro atoms. The number of fused-ring (bicyclic) bond motifs is 2.